The van der Waals surface area contributed by atoms with Gasteiger partial charge in [0, 0.05) is 49.1 Å². The summed E-state index contributed by atoms with van der Waals surface area (Å²) < 4.78 is 2.78. The SMILES string of the molecule is Cn1cc(Br)cc1C(=O)N1CCc2ncccc2C1. The summed E-state index contributed by atoms with van der Waals surface area (Å²) in [5.74, 6) is 0.0719. The van der Waals surface area contributed by atoms with Crippen molar-refractivity contribution in [3.05, 3.63) is 52.0 Å². The zero-order valence-electron chi connectivity index (χ0n) is 10.6. The first kappa shape index (κ1) is 12.4. The topological polar surface area (TPSA) is 38.1 Å². The Morgan fingerprint density at radius 1 is 1.47 bits per heavy atom. The second-order valence-corrected chi connectivity index (χ2v) is 5.66. The third-order valence-electron chi connectivity index (χ3n) is 3.44. The van der Waals surface area contributed by atoms with Crippen LogP contribution in [0.3, 0.4) is 0 Å². The van der Waals surface area contributed by atoms with Crippen LogP contribution in [0.1, 0.15) is 21.7 Å². The fraction of sp³-hybridized carbons (Fsp3) is 0.286. The summed E-state index contributed by atoms with van der Waals surface area (Å²) in [5, 5.41) is 0. The maximum absolute atomic E-state index is 12.5. The van der Waals surface area contributed by atoms with Gasteiger partial charge in [0.15, 0.2) is 0 Å². The first-order valence-electron chi connectivity index (χ1n) is 6.19. The van der Waals surface area contributed by atoms with Crippen molar-refractivity contribution in [1.82, 2.24) is 14.5 Å². The molecule has 4 nitrogen and oxygen atoms in total. The van der Waals surface area contributed by atoms with Crippen LogP contribution in [0.25, 0.3) is 0 Å². The van der Waals surface area contributed by atoms with Gasteiger partial charge < -0.3 is 9.47 Å². The van der Waals surface area contributed by atoms with Gasteiger partial charge >= 0.3 is 0 Å². The van der Waals surface area contributed by atoms with E-state index in [0.717, 1.165) is 28.7 Å². The Hall–Kier alpha value is -1.62. The zero-order valence-corrected chi connectivity index (χ0v) is 12.2. The van der Waals surface area contributed by atoms with Crippen molar-refractivity contribution < 1.29 is 4.79 Å². The van der Waals surface area contributed by atoms with E-state index >= 15 is 0 Å². The summed E-state index contributed by atoms with van der Waals surface area (Å²) in [6, 6.07) is 5.83. The van der Waals surface area contributed by atoms with Gasteiger partial charge in [0.2, 0.25) is 0 Å². The standard InChI is InChI=1S/C14H14BrN3O/c1-17-9-11(15)7-13(17)14(19)18-6-4-12-10(8-18)3-2-5-16-12/h2-3,5,7,9H,4,6,8H2,1H3. The Bertz CT molecular complexity index is 635. The number of hydrogen-bond acceptors (Lipinski definition) is 2. The first-order chi connectivity index (χ1) is 9.15. The van der Waals surface area contributed by atoms with Gasteiger partial charge in [-0.15, -0.1) is 0 Å². The van der Waals surface area contributed by atoms with E-state index in [1.165, 1.54) is 0 Å². The summed E-state index contributed by atoms with van der Waals surface area (Å²) >= 11 is 3.40. The summed E-state index contributed by atoms with van der Waals surface area (Å²) in [7, 11) is 1.89. The normalized spacial score (nSPS) is 14.3. The Morgan fingerprint density at radius 2 is 2.32 bits per heavy atom. The molecule has 0 N–H and O–H groups in total. The molecule has 0 aromatic carbocycles. The minimum absolute atomic E-state index is 0.0719. The molecule has 5 heteroatoms. The van der Waals surface area contributed by atoms with Crippen LogP contribution < -0.4 is 0 Å². The van der Waals surface area contributed by atoms with Crippen molar-refractivity contribution in [2.75, 3.05) is 6.54 Å². The van der Waals surface area contributed by atoms with Gasteiger partial charge in [-0.2, -0.15) is 0 Å². The largest absolute Gasteiger partial charge is 0.345 e. The number of nitrogens with zero attached hydrogens (tertiary/aromatic N) is 3. The number of hydrogen-bond donors (Lipinski definition) is 0. The highest BCUT2D eigenvalue weighted by molar-refractivity contribution is 9.10. The number of amides is 1. The molecule has 0 saturated carbocycles. The lowest BCUT2D eigenvalue weighted by Gasteiger charge is -2.28. The van der Waals surface area contributed by atoms with Gasteiger partial charge in [0.05, 0.1) is 0 Å². The maximum Gasteiger partial charge on any atom is 0.270 e. The molecule has 2 aromatic rings. The van der Waals surface area contributed by atoms with Gasteiger partial charge in [-0.05, 0) is 33.6 Å². The fourth-order valence-corrected chi connectivity index (χ4v) is 2.96. The van der Waals surface area contributed by atoms with Gasteiger partial charge in [0.1, 0.15) is 5.69 Å². The molecule has 3 rings (SSSR count). The quantitative estimate of drug-likeness (QED) is 0.809. The molecule has 0 unspecified atom stereocenters. The molecule has 19 heavy (non-hydrogen) atoms. The molecule has 1 aliphatic rings. The van der Waals surface area contributed by atoms with Crippen LogP contribution in [0.15, 0.2) is 35.1 Å². The van der Waals surface area contributed by atoms with Crippen LogP contribution in [-0.2, 0) is 20.0 Å². The smallest absolute Gasteiger partial charge is 0.270 e. The Kier molecular flexibility index (Phi) is 3.14. The number of fused-ring (bicyclic) bond motifs is 1. The Balaban J connectivity index is 1.85. The number of halogens is 1. The number of aryl methyl sites for hydroxylation is 1. The maximum atomic E-state index is 12.5. The van der Waals surface area contributed by atoms with Crippen molar-refractivity contribution in [2.24, 2.45) is 7.05 Å². The lowest BCUT2D eigenvalue weighted by atomic mass is 10.1. The van der Waals surface area contributed by atoms with E-state index in [1.807, 2.05) is 47.1 Å². The number of carbonyl (C=O) groups is 1. The van der Waals surface area contributed by atoms with Gasteiger partial charge in [-0.3, -0.25) is 9.78 Å². The number of aromatic nitrogens is 2. The van der Waals surface area contributed by atoms with E-state index in [0.29, 0.717) is 12.2 Å². The number of pyridine rings is 1. The third kappa shape index (κ3) is 2.30. The third-order valence-corrected chi connectivity index (χ3v) is 3.88. The molecule has 0 bridgehead atoms. The van der Waals surface area contributed by atoms with Crippen LogP contribution in [-0.4, -0.2) is 26.9 Å². The Morgan fingerprint density at radius 3 is 3.05 bits per heavy atom. The van der Waals surface area contributed by atoms with Crippen LogP contribution in [0.4, 0.5) is 0 Å². The Labute approximate surface area is 120 Å². The van der Waals surface area contributed by atoms with Gasteiger partial charge in [-0.1, -0.05) is 6.07 Å². The molecule has 0 radical (unpaired) electrons. The van der Waals surface area contributed by atoms with Crippen molar-refractivity contribution in [1.29, 1.82) is 0 Å². The van der Waals surface area contributed by atoms with Crippen molar-refractivity contribution in [3.63, 3.8) is 0 Å². The molecule has 98 valence electrons. The lowest BCUT2D eigenvalue weighted by Crippen LogP contribution is -2.37. The second-order valence-electron chi connectivity index (χ2n) is 4.74. The molecule has 0 fully saturated rings. The van der Waals surface area contributed by atoms with E-state index < -0.39 is 0 Å². The van der Waals surface area contributed by atoms with Crippen LogP contribution in [0.2, 0.25) is 0 Å². The monoisotopic (exact) mass is 319 g/mol. The molecule has 0 atom stereocenters. The number of rotatable bonds is 1. The van der Waals surface area contributed by atoms with E-state index in [2.05, 4.69) is 20.9 Å². The highest BCUT2D eigenvalue weighted by Gasteiger charge is 2.23. The number of carbonyl (C=O) groups excluding carboxylic acids is 1. The van der Waals surface area contributed by atoms with Crippen molar-refractivity contribution >= 4 is 21.8 Å². The minimum Gasteiger partial charge on any atom is -0.345 e. The molecule has 0 saturated heterocycles. The van der Waals surface area contributed by atoms with Crippen LogP contribution in [0, 0.1) is 0 Å². The molecule has 0 aliphatic carbocycles. The predicted molar refractivity (Wildman–Crippen MR) is 75.8 cm³/mol. The summed E-state index contributed by atoms with van der Waals surface area (Å²) in [6.07, 6.45) is 4.53. The second kappa shape index (κ2) is 4.81. The van der Waals surface area contributed by atoms with E-state index in [-0.39, 0.29) is 5.91 Å². The van der Waals surface area contributed by atoms with Gasteiger partial charge in [-0.25, -0.2) is 0 Å². The molecule has 1 amide bonds. The first-order valence-corrected chi connectivity index (χ1v) is 6.98. The lowest BCUT2D eigenvalue weighted by molar-refractivity contribution is 0.0724. The van der Waals surface area contributed by atoms with E-state index in [1.54, 1.807) is 0 Å². The van der Waals surface area contributed by atoms with Crippen molar-refractivity contribution in [2.45, 2.75) is 13.0 Å². The molecule has 2 aromatic heterocycles. The van der Waals surface area contributed by atoms with Gasteiger partial charge in [0.25, 0.3) is 5.91 Å². The summed E-state index contributed by atoms with van der Waals surface area (Å²) in [5.41, 5.74) is 2.97. The molecule has 1 aliphatic heterocycles. The van der Waals surface area contributed by atoms with Crippen molar-refractivity contribution in [3.8, 4) is 0 Å². The molecule has 0 spiro atoms. The average Bonchev–Trinajstić information content (AvgIpc) is 2.76. The van der Waals surface area contributed by atoms with Crippen LogP contribution in [0.5, 0.6) is 0 Å². The highest BCUT2D eigenvalue weighted by atomic mass is 79.9. The van der Waals surface area contributed by atoms with E-state index in [9.17, 15) is 4.79 Å². The minimum atomic E-state index is 0.0719. The molecular formula is C14H14BrN3O. The summed E-state index contributed by atoms with van der Waals surface area (Å²) in [4.78, 5) is 18.7. The van der Waals surface area contributed by atoms with Crippen LogP contribution >= 0.6 is 15.9 Å². The predicted octanol–water partition coefficient (Wildman–Crippen LogP) is 2.38. The average molecular weight is 320 g/mol. The molecular weight excluding hydrogens is 306 g/mol. The fourth-order valence-electron chi connectivity index (χ4n) is 2.44. The summed E-state index contributed by atoms with van der Waals surface area (Å²) in [6.45, 7) is 1.37. The van der Waals surface area contributed by atoms with E-state index in [4.69, 9.17) is 0 Å². The molecule has 3 heterocycles. The highest BCUT2D eigenvalue weighted by Crippen LogP contribution is 2.20. The zero-order chi connectivity index (χ0) is 13.4.